The second-order valence-corrected chi connectivity index (χ2v) is 6.44. The number of nitro groups is 1. The van der Waals surface area contributed by atoms with Gasteiger partial charge in [-0.25, -0.2) is 0 Å². The summed E-state index contributed by atoms with van der Waals surface area (Å²) in [5, 5.41) is 23.7. The van der Waals surface area contributed by atoms with Crippen LogP contribution in [0.15, 0.2) is 42.5 Å². The number of para-hydroxylation sites is 1. The van der Waals surface area contributed by atoms with E-state index in [1.165, 1.54) is 6.07 Å². The molecule has 1 heterocycles. The second-order valence-electron chi connectivity index (χ2n) is 6.44. The van der Waals surface area contributed by atoms with E-state index in [2.05, 4.69) is 16.3 Å². The van der Waals surface area contributed by atoms with E-state index in [1.807, 2.05) is 18.2 Å². The molecule has 2 aromatic rings. The van der Waals surface area contributed by atoms with Gasteiger partial charge >= 0.3 is 0 Å². The first-order valence-corrected chi connectivity index (χ1v) is 8.59. The number of likely N-dealkylation sites (tertiary alicyclic amines) is 1. The van der Waals surface area contributed by atoms with Crippen LogP contribution in [-0.4, -0.2) is 41.2 Å². The van der Waals surface area contributed by atoms with E-state index >= 15 is 0 Å². The fourth-order valence-corrected chi connectivity index (χ4v) is 3.36. The van der Waals surface area contributed by atoms with Crippen molar-refractivity contribution >= 4 is 11.4 Å². The first kappa shape index (κ1) is 18.2. The number of aliphatic hydroxyl groups is 1. The van der Waals surface area contributed by atoms with Gasteiger partial charge in [0.25, 0.3) is 5.69 Å². The molecular formula is C19H23N3O4. The molecule has 0 amide bonds. The van der Waals surface area contributed by atoms with Gasteiger partial charge in [-0.2, -0.15) is 0 Å². The molecule has 0 radical (unpaired) electrons. The number of hydrogen-bond donors (Lipinski definition) is 2. The number of hydrogen-bond acceptors (Lipinski definition) is 6. The summed E-state index contributed by atoms with van der Waals surface area (Å²) in [5.74, 6) is 0.888. The van der Waals surface area contributed by atoms with E-state index in [0.29, 0.717) is 11.3 Å². The molecule has 26 heavy (non-hydrogen) atoms. The third kappa shape index (κ3) is 4.12. The minimum absolute atomic E-state index is 0.0543. The molecule has 1 fully saturated rings. The lowest BCUT2D eigenvalue weighted by molar-refractivity contribution is -0.385. The zero-order chi connectivity index (χ0) is 18.5. The molecule has 1 aliphatic heterocycles. The van der Waals surface area contributed by atoms with E-state index in [-0.39, 0.29) is 18.3 Å². The maximum absolute atomic E-state index is 11.1. The van der Waals surface area contributed by atoms with Gasteiger partial charge in [-0.05, 0) is 24.6 Å². The highest BCUT2D eigenvalue weighted by Crippen LogP contribution is 2.26. The Balaban J connectivity index is 1.63. The van der Waals surface area contributed by atoms with Gasteiger partial charge in [0.2, 0.25) is 0 Å². The number of nitro benzene ring substituents is 1. The van der Waals surface area contributed by atoms with Gasteiger partial charge in [0, 0.05) is 43.0 Å². The molecule has 2 aromatic carbocycles. The first-order chi connectivity index (χ1) is 12.6. The number of nitrogens with one attached hydrogen (secondary N) is 1. The second kappa shape index (κ2) is 8.16. The van der Waals surface area contributed by atoms with E-state index in [4.69, 9.17) is 4.74 Å². The van der Waals surface area contributed by atoms with E-state index in [1.54, 1.807) is 19.2 Å². The quantitative estimate of drug-likeness (QED) is 0.585. The molecule has 1 unspecified atom stereocenters. The third-order valence-corrected chi connectivity index (χ3v) is 4.68. The molecule has 1 atom stereocenters. The monoisotopic (exact) mass is 357 g/mol. The fraction of sp³-hybridized carbons (Fsp3) is 0.368. The van der Waals surface area contributed by atoms with Gasteiger partial charge in [0.05, 0.1) is 24.2 Å². The smallest absolute Gasteiger partial charge is 0.276 e. The Bertz CT molecular complexity index is 781. The van der Waals surface area contributed by atoms with Crippen LogP contribution in [0.4, 0.5) is 11.4 Å². The van der Waals surface area contributed by atoms with Crippen LogP contribution >= 0.6 is 0 Å². The lowest BCUT2D eigenvalue weighted by Crippen LogP contribution is -2.26. The van der Waals surface area contributed by atoms with Crippen molar-refractivity contribution < 1.29 is 14.8 Å². The van der Waals surface area contributed by atoms with Crippen LogP contribution < -0.4 is 10.1 Å². The highest BCUT2D eigenvalue weighted by molar-refractivity contribution is 5.55. The Labute approximate surface area is 152 Å². The summed E-state index contributed by atoms with van der Waals surface area (Å²) in [6, 6.07) is 13.1. The minimum atomic E-state index is -0.459. The molecule has 7 heteroatoms. The maximum Gasteiger partial charge on any atom is 0.276 e. The number of rotatable bonds is 7. The molecule has 0 bridgehead atoms. The number of anilines is 1. The van der Waals surface area contributed by atoms with Gasteiger partial charge in [-0.1, -0.05) is 18.2 Å². The van der Waals surface area contributed by atoms with Crippen molar-refractivity contribution in [1.82, 2.24) is 4.90 Å². The largest absolute Gasteiger partial charge is 0.496 e. The van der Waals surface area contributed by atoms with Gasteiger partial charge in [0.15, 0.2) is 0 Å². The molecule has 0 saturated carbocycles. The van der Waals surface area contributed by atoms with E-state index < -0.39 is 4.92 Å². The summed E-state index contributed by atoms with van der Waals surface area (Å²) in [7, 11) is 1.68. The molecule has 7 nitrogen and oxygen atoms in total. The van der Waals surface area contributed by atoms with Gasteiger partial charge in [-0.3, -0.25) is 15.0 Å². The average Bonchev–Trinajstić information content (AvgIpc) is 3.09. The predicted octanol–water partition coefficient (Wildman–Crippen LogP) is 2.78. The minimum Gasteiger partial charge on any atom is -0.496 e. The summed E-state index contributed by atoms with van der Waals surface area (Å²) in [5.41, 5.74) is 2.13. The lowest BCUT2D eigenvalue weighted by atomic mass is 10.1. The third-order valence-electron chi connectivity index (χ3n) is 4.68. The number of ether oxygens (including phenoxy) is 1. The normalized spacial score (nSPS) is 17.2. The number of aliphatic hydroxyl groups excluding tert-OH is 1. The Morgan fingerprint density at radius 3 is 2.85 bits per heavy atom. The van der Waals surface area contributed by atoms with Crippen molar-refractivity contribution in [3.05, 3.63) is 63.7 Å². The van der Waals surface area contributed by atoms with Crippen molar-refractivity contribution in [2.75, 3.05) is 25.5 Å². The number of methoxy groups -OCH3 is 1. The van der Waals surface area contributed by atoms with Crippen LogP contribution in [0.1, 0.15) is 17.5 Å². The standard InChI is InChI=1S/C19H23N3O4/c1-26-19-5-3-2-4-14(19)11-21-9-8-17(12-21)20-16-7-6-15(13-23)18(10-16)22(24)25/h2-7,10,17,20,23H,8-9,11-13H2,1H3. The van der Waals surface area contributed by atoms with Crippen molar-refractivity contribution in [2.45, 2.75) is 25.6 Å². The predicted molar refractivity (Wildman–Crippen MR) is 99.3 cm³/mol. The highest BCUT2D eigenvalue weighted by atomic mass is 16.6. The Morgan fingerprint density at radius 2 is 2.12 bits per heavy atom. The Kier molecular flexibility index (Phi) is 5.70. The number of benzene rings is 2. The van der Waals surface area contributed by atoms with Crippen LogP contribution in [0.25, 0.3) is 0 Å². The van der Waals surface area contributed by atoms with Gasteiger partial charge in [0.1, 0.15) is 5.75 Å². The van der Waals surface area contributed by atoms with Crippen LogP contribution in [0, 0.1) is 10.1 Å². The van der Waals surface area contributed by atoms with Gasteiger partial charge < -0.3 is 15.2 Å². The molecule has 0 spiro atoms. The van der Waals surface area contributed by atoms with Crippen LogP contribution in [0.3, 0.4) is 0 Å². The fourth-order valence-electron chi connectivity index (χ4n) is 3.36. The first-order valence-electron chi connectivity index (χ1n) is 8.59. The Morgan fingerprint density at radius 1 is 1.31 bits per heavy atom. The zero-order valence-electron chi connectivity index (χ0n) is 14.7. The molecule has 1 aliphatic rings. The SMILES string of the molecule is COc1ccccc1CN1CCC(Nc2ccc(CO)c([N+](=O)[O-])c2)C1. The molecular weight excluding hydrogens is 334 g/mol. The molecule has 0 aromatic heterocycles. The van der Waals surface area contributed by atoms with Crippen molar-refractivity contribution in [3.8, 4) is 5.75 Å². The van der Waals surface area contributed by atoms with Crippen molar-refractivity contribution in [3.63, 3.8) is 0 Å². The average molecular weight is 357 g/mol. The summed E-state index contributed by atoms with van der Waals surface area (Å²) in [6.07, 6.45) is 0.963. The van der Waals surface area contributed by atoms with Crippen LogP contribution in [0.2, 0.25) is 0 Å². The molecule has 138 valence electrons. The number of nitrogens with zero attached hydrogens (tertiary/aromatic N) is 2. The summed E-state index contributed by atoms with van der Waals surface area (Å²) in [6.45, 7) is 2.28. The molecule has 0 aliphatic carbocycles. The lowest BCUT2D eigenvalue weighted by Gasteiger charge is -2.19. The summed E-state index contributed by atoms with van der Waals surface area (Å²) in [4.78, 5) is 13.0. The topological polar surface area (TPSA) is 87.9 Å². The highest BCUT2D eigenvalue weighted by Gasteiger charge is 2.24. The molecule has 2 N–H and O–H groups in total. The van der Waals surface area contributed by atoms with Crippen LogP contribution in [-0.2, 0) is 13.2 Å². The van der Waals surface area contributed by atoms with E-state index in [0.717, 1.165) is 37.4 Å². The zero-order valence-corrected chi connectivity index (χ0v) is 14.7. The summed E-state index contributed by atoms with van der Waals surface area (Å²) < 4.78 is 5.41. The maximum atomic E-state index is 11.1. The van der Waals surface area contributed by atoms with Crippen molar-refractivity contribution in [1.29, 1.82) is 0 Å². The Hall–Kier alpha value is -2.64. The van der Waals surface area contributed by atoms with E-state index in [9.17, 15) is 15.2 Å². The molecule has 1 saturated heterocycles. The van der Waals surface area contributed by atoms with Crippen molar-refractivity contribution in [2.24, 2.45) is 0 Å². The van der Waals surface area contributed by atoms with Gasteiger partial charge in [-0.15, -0.1) is 0 Å². The summed E-state index contributed by atoms with van der Waals surface area (Å²) >= 11 is 0. The molecule has 3 rings (SSSR count). The van der Waals surface area contributed by atoms with Crippen LogP contribution in [0.5, 0.6) is 5.75 Å².